The molecule has 2 atom stereocenters. The largest absolute Gasteiger partial charge is 0.508 e. The Morgan fingerprint density at radius 2 is 2.06 bits per heavy atom. The van der Waals surface area contributed by atoms with Crippen molar-refractivity contribution in [1.82, 2.24) is 14.8 Å². The zero-order chi connectivity index (χ0) is 23.5. The summed E-state index contributed by atoms with van der Waals surface area (Å²) in [4.78, 5) is 32.8. The van der Waals surface area contributed by atoms with Crippen LogP contribution < -0.4 is 10.5 Å². The molecule has 1 fully saturated rings. The lowest BCUT2D eigenvalue weighted by molar-refractivity contribution is -0.133. The maximum atomic E-state index is 13.4. The molecule has 0 bridgehead atoms. The second kappa shape index (κ2) is 7.45. The van der Waals surface area contributed by atoms with Crippen LogP contribution in [0.5, 0.6) is 11.5 Å². The van der Waals surface area contributed by atoms with Gasteiger partial charge in [-0.15, -0.1) is 0 Å². The fourth-order valence-corrected chi connectivity index (χ4v) is 5.04. The lowest BCUT2D eigenvalue weighted by Crippen LogP contribution is -2.53. The van der Waals surface area contributed by atoms with Gasteiger partial charge in [0.25, 0.3) is 5.91 Å². The van der Waals surface area contributed by atoms with Crippen molar-refractivity contribution in [2.75, 3.05) is 13.1 Å². The van der Waals surface area contributed by atoms with Gasteiger partial charge in [0.05, 0.1) is 0 Å². The highest BCUT2D eigenvalue weighted by Crippen LogP contribution is 2.49. The number of H-pyrrole nitrogens is 1. The van der Waals surface area contributed by atoms with Gasteiger partial charge in [0, 0.05) is 36.1 Å². The van der Waals surface area contributed by atoms with Crippen molar-refractivity contribution >= 4 is 22.8 Å². The minimum atomic E-state index is -2.97. The molecule has 3 aromatic rings. The number of hydrogen-bond acceptors (Lipinski definition) is 5. The zero-order valence-electron chi connectivity index (χ0n) is 17.7. The number of nitrogens with one attached hydrogen (secondary N) is 1. The number of carbonyl (C=O) groups excluding carboxylic acids is 2. The van der Waals surface area contributed by atoms with Gasteiger partial charge in [-0.3, -0.25) is 14.6 Å². The molecule has 3 amide bonds. The molecule has 0 radical (unpaired) electrons. The Balaban J connectivity index is 1.74. The minimum Gasteiger partial charge on any atom is -0.508 e. The lowest BCUT2D eigenvalue weighted by Gasteiger charge is -2.42. The van der Waals surface area contributed by atoms with Gasteiger partial charge >= 0.3 is 12.6 Å². The van der Waals surface area contributed by atoms with Gasteiger partial charge in [-0.25, -0.2) is 4.79 Å². The van der Waals surface area contributed by atoms with Gasteiger partial charge in [-0.1, -0.05) is 12.1 Å². The summed E-state index contributed by atoms with van der Waals surface area (Å²) in [6.07, 6.45) is 0.182. The molecule has 4 N–H and O–H groups in total. The van der Waals surface area contributed by atoms with Crippen LogP contribution in [-0.2, 0) is 11.2 Å². The lowest BCUT2D eigenvalue weighted by atomic mass is 9.81. The molecular formula is C23H22F2N4O4. The Morgan fingerprint density at radius 1 is 1.27 bits per heavy atom. The number of amides is 3. The topological polar surface area (TPSA) is 112 Å². The predicted octanol–water partition coefficient (Wildman–Crippen LogP) is 3.10. The average Bonchev–Trinajstić information content (AvgIpc) is 3.20. The van der Waals surface area contributed by atoms with E-state index in [-0.39, 0.29) is 36.9 Å². The van der Waals surface area contributed by atoms with E-state index in [1.54, 1.807) is 31.2 Å². The third-order valence-electron chi connectivity index (χ3n) is 6.40. The number of aromatic nitrogens is 1. The average molecular weight is 456 g/mol. The Kier molecular flexibility index (Phi) is 4.78. The molecule has 172 valence electrons. The fraction of sp³-hybridized carbons (Fsp3) is 0.304. The summed E-state index contributed by atoms with van der Waals surface area (Å²) in [5.74, 6) is -0.357. The van der Waals surface area contributed by atoms with Gasteiger partial charge in [0.2, 0.25) is 0 Å². The van der Waals surface area contributed by atoms with Crippen molar-refractivity contribution in [3.8, 4) is 11.5 Å². The molecule has 2 aliphatic rings. The van der Waals surface area contributed by atoms with Crippen LogP contribution in [0.1, 0.15) is 29.8 Å². The summed E-state index contributed by atoms with van der Waals surface area (Å²) >= 11 is 0. The van der Waals surface area contributed by atoms with Gasteiger partial charge in [0.1, 0.15) is 23.1 Å². The van der Waals surface area contributed by atoms with Crippen LogP contribution in [0.3, 0.4) is 0 Å². The number of urea groups is 1. The van der Waals surface area contributed by atoms with Crippen molar-refractivity contribution in [2.24, 2.45) is 5.73 Å². The summed E-state index contributed by atoms with van der Waals surface area (Å²) in [6, 6.07) is 9.88. The molecule has 1 saturated heterocycles. The predicted molar refractivity (Wildman–Crippen MR) is 115 cm³/mol. The number of ether oxygens (including phenoxy) is 1. The van der Waals surface area contributed by atoms with Crippen molar-refractivity contribution in [1.29, 1.82) is 0 Å². The molecule has 2 aromatic carbocycles. The highest BCUT2D eigenvalue weighted by atomic mass is 19.3. The second-order valence-electron chi connectivity index (χ2n) is 8.45. The first-order valence-corrected chi connectivity index (χ1v) is 10.5. The van der Waals surface area contributed by atoms with Gasteiger partial charge in [0.15, 0.2) is 0 Å². The molecule has 2 aliphatic heterocycles. The number of phenols is 1. The normalized spacial score (nSPS) is 22.3. The summed E-state index contributed by atoms with van der Waals surface area (Å²) in [7, 11) is 0. The third-order valence-corrected chi connectivity index (χ3v) is 6.40. The SMILES string of the molecule is C[C@@]12Cc3c([nH]c4ccc(OC(F)F)cc34)[C@@H](c3cccc(O)c3)N1C(=O)N(CCN)C2=O. The smallest absolute Gasteiger partial charge is 0.387 e. The summed E-state index contributed by atoms with van der Waals surface area (Å²) in [5, 5.41) is 10.7. The highest BCUT2D eigenvalue weighted by Gasteiger charge is 2.60. The van der Waals surface area contributed by atoms with Gasteiger partial charge < -0.3 is 20.6 Å². The second-order valence-corrected chi connectivity index (χ2v) is 8.45. The number of rotatable bonds is 5. The van der Waals surface area contributed by atoms with Crippen LogP contribution in [0, 0.1) is 0 Å². The standard InChI is InChI=1S/C23H22F2N4O4/c1-23-11-16-15-10-14(33-21(24)25)5-6-17(15)27-18(16)19(12-3-2-4-13(30)9-12)29(23)22(32)28(8-7-26)20(23)31/h2-6,9-10,19,21,27,30H,7-8,11,26H2,1H3/t19-,23+/m1/s1. The molecule has 0 spiro atoms. The van der Waals surface area contributed by atoms with Crippen molar-refractivity contribution in [2.45, 2.75) is 31.5 Å². The summed E-state index contributed by atoms with van der Waals surface area (Å²) in [6.45, 7) is -1.07. The number of halogens is 2. The number of aromatic amines is 1. The number of benzene rings is 2. The Morgan fingerprint density at radius 3 is 2.76 bits per heavy atom. The maximum absolute atomic E-state index is 13.4. The molecule has 8 nitrogen and oxygen atoms in total. The first-order chi connectivity index (χ1) is 15.7. The van der Waals surface area contributed by atoms with E-state index in [1.807, 2.05) is 0 Å². The summed E-state index contributed by atoms with van der Waals surface area (Å²) < 4.78 is 30.2. The summed E-state index contributed by atoms with van der Waals surface area (Å²) in [5.41, 5.74) is 7.08. The van der Waals surface area contributed by atoms with E-state index in [4.69, 9.17) is 5.73 Å². The molecule has 5 rings (SSSR count). The van der Waals surface area contributed by atoms with E-state index < -0.39 is 24.2 Å². The van der Waals surface area contributed by atoms with Gasteiger partial charge in [-0.2, -0.15) is 8.78 Å². The third kappa shape index (κ3) is 3.12. The van der Waals surface area contributed by atoms with Crippen LogP contribution in [0.2, 0.25) is 0 Å². The first-order valence-electron chi connectivity index (χ1n) is 10.5. The number of hydrogen-bond donors (Lipinski definition) is 3. The van der Waals surface area contributed by atoms with Crippen LogP contribution in [0.4, 0.5) is 13.6 Å². The number of phenolic OH excluding ortho intramolecular Hbond substituents is 1. The van der Waals surface area contributed by atoms with Crippen LogP contribution in [0.15, 0.2) is 42.5 Å². The van der Waals surface area contributed by atoms with Crippen molar-refractivity contribution in [3.63, 3.8) is 0 Å². The van der Waals surface area contributed by atoms with E-state index in [0.717, 1.165) is 10.5 Å². The van der Waals surface area contributed by atoms with E-state index in [2.05, 4.69) is 9.72 Å². The van der Waals surface area contributed by atoms with Crippen LogP contribution in [0.25, 0.3) is 10.9 Å². The van der Waals surface area contributed by atoms with E-state index in [1.165, 1.54) is 23.1 Å². The Hall–Kier alpha value is -3.66. The first kappa shape index (κ1) is 21.2. The molecule has 0 unspecified atom stereocenters. The number of alkyl halides is 2. The molecule has 1 aromatic heterocycles. The monoisotopic (exact) mass is 456 g/mol. The van der Waals surface area contributed by atoms with Crippen molar-refractivity contribution < 1.29 is 28.2 Å². The number of aromatic hydroxyl groups is 1. The minimum absolute atomic E-state index is 0.000582. The number of imide groups is 1. The maximum Gasteiger partial charge on any atom is 0.387 e. The fourth-order valence-electron chi connectivity index (χ4n) is 5.04. The molecular weight excluding hydrogens is 434 g/mol. The van der Waals surface area contributed by atoms with Gasteiger partial charge in [-0.05, 0) is 48.4 Å². The van der Waals surface area contributed by atoms with Crippen LogP contribution in [-0.4, -0.2) is 57.1 Å². The molecule has 10 heteroatoms. The quantitative estimate of drug-likeness (QED) is 0.511. The number of fused-ring (bicyclic) bond motifs is 4. The molecule has 3 heterocycles. The highest BCUT2D eigenvalue weighted by molar-refractivity contribution is 6.08. The zero-order valence-corrected chi connectivity index (χ0v) is 17.7. The number of nitrogens with two attached hydrogens (primary N) is 1. The number of carbonyl (C=O) groups is 2. The Labute approximate surface area is 187 Å². The van der Waals surface area contributed by atoms with Crippen molar-refractivity contribution in [3.05, 3.63) is 59.3 Å². The molecule has 0 aliphatic carbocycles. The number of nitrogens with zero attached hydrogens (tertiary/aromatic N) is 2. The van der Waals surface area contributed by atoms with Crippen LogP contribution >= 0.6 is 0 Å². The van der Waals surface area contributed by atoms with E-state index >= 15 is 0 Å². The molecule has 0 saturated carbocycles. The van der Waals surface area contributed by atoms with E-state index in [9.17, 15) is 23.5 Å². The Bertz CT molecular complexity index is 1280. The molecule has 33 heavy (non-hydrogen) atoms. The van der Waals surface area contributed by atoms with E-state index in [0.29, 0.717) is 22.2 Å².